The van der Waals surface area contributed by atoms with Crippen LogP contribution in [-0.4, -0.2) is 5.97 Å². The Morgan fingerprint density at radius 1 is 0.950 bits per heavy atom. The zero-order chi connectivity index (χ0) is 13.9. The van der Waals surface area contributed by atoms with Crippen LogP contribution in [0.4, 0.5) is 5.69 Å². The number of anilines is 1. The summed E-state index contributed by atoms with van der Waals surface area (Å²) >= 11 is 0. The Balaban J connectivity index is 1.92. The van der Waals surface area contributed by atoms with Crippen molar-refractivity contribution in [1.29, 1.82) is 0 Å². The summed E-state index contributed by atoms with van der Waals surface area (Å²) in [6.45, 7) is 0. The molecule has 2 N–H and O–H groups in total. The summed E-state index contributed by atoms with van der Waals surface area (Å²) in [5.74, 6) is 0.248. The average molecular weight is 263 g/mol. The van der Waals surface area contributed by atoms with Crippen LogP contribution in [0.2, 0.25) is 0 Å². The second-order valence-corrected chi connectivity index (χ2v) is 4.53. The van der Waals surface area contributed by atoms with Crippen molar-refractivity contribution < 1.29 is 9.53 Å². The Morgan fingerprint density at radius 2 is 1.65 bits per heavy atom. The molecule has 1 aliphatic heterocycles. The van der Waals surface area contributed by atoms with Gasteiger partial charge in [0.15, 0.2) is 0 Å². The number of rotatable bonds is 2. The molecule has 3 rings (SSSR count). The summed E-state index contributed by atoms with van der Waals surface area (Å²) in [6, 6.07) is 16.9. The van der Waals surface area contributed by atoms with Crippen LogP contribution in [0, 0.1) is 0 Å². The number of ether oxygens (including phenoxy) is 1. The van der Waals surface area contributed by atoms with Crippen LogP contribution in [0.1, 0.15) is 11.1 Å². The molecule has 0 saturated carbocycles. The molecular weight excluding hydrogens is 250 g/mol. The van der Waals surface area contributed by atoms with Gasteiger partial charge in [0.2, 0.25) is 0 Å². The van der Waals surface area contributed by atoms with E-state index in [1.165, 1.54) is 0 Å². The highest BCUT2D eigenvalue weighted by Crippen LogP contribution is 2.27. The van der Waals surface area contributed by atoms with Gasteiger partial charge in [0, 0.05) is 11.3 Å². The lowest BCUT2D eigenvalue weighted by atomic mass is 10.1. The SMILES string of the molecule is Nc1ccc(/C=C2/C=C(c3ccccc3)OC2=O)cc1. The molecule has 98 valence electrons. The van der Waals surface area contributed by atoms with Crippen LogP contribution in [-0.2, 0) is 9.53 Å². The maximum absolute atomic E-state index is 11.9. The molecular formula is C17H13NO2. The average Bonchev–Trinajstić information content (AvgIpc) is 2.84. The molecule has 1 aliphatic rings. The highest BCUT2D eigenvalue weighted by Gasteiger charge is 2.21. The number of nitrogen functional groups attached to an aromatic ring is 1. The number of cyclic esters (lactones) is 1. The number of carbonyl (C=O) groups is 1. The van der Waals surface area contributed by atoms with E-state index >= 15 is 0 Å². The molecule has 2 aromatic carbocycles. The Kier molecular flexibility index (Phi) is 3.09. The smallest absolute Gasteiger partial charge is 0.343 e. The number of benzene rings is 2. The van der Waals surface area contributed by atoms with Crippen LogP contribution >= 0.6 is 0 Å². The third-order valence-electron chi connectivity index (χ3n) is 3.04. The van der Waals surface area contributed by atoms with Gasteiger partial charge in [-0.2, -0.15) is 0 Å². The van der Waals surface area contributed by atoms with E-state index in [4.69, 9.17) is 10.5 Å². The largest absolute Gasteiger partial charge is 0.422 e. The Hall–Kier alpha value is -2.81. The van der Waals surface area contributed by atoms with E-state index in [9.17, 15) is 4.79 Å². The topological polar surface area (TPSA) is 52.3 Å². The number of nitrogens with two attached hydrogens (primary N) is 1. The molecule has 2 aromatic rings. The van der Waals surface area contributed by atoms with E-state index < -0.39 is 0 Å². The van der Waals surface area contributed by atoms with Gasteiger partial charge in [0.05, 0.1) is 5.57 Å². The zero-order valence-corrected chi connectivity index (χ0v) is 10.7. The predicted octanol–water partition coefficient (Wildman–Crippen LogP) is 3.25. The molecule has 3 heteroatoms. The van der Waals surface area contributed by atoms with Gasteiger partial charge in [0.25, 0.3) is 0 Å². The highest BCUT2D eigenvalue weighted by atomic mass is 16.5. The second kappa shape index (κ2) is 5.05. The fraction of sp³-hybridized carbons (Fsp3) is 0. The summed E-state index contributed by atoms with van der Waals surface area (Å²) in [6.07, 6.45) is 3.55. The molecule has 1 heterocycles. The van der Waals surface area contributed by atoms with E-state index in [2.05, 4.69) is 0 Å². The van der Waals surface area contributed by atoms with Crippen LogP contribution in [0.3, 0.4) is 0 Å². The summed E-state index contributed by atoms with van der Waals surface area (Å²) in [7, 11) is 0. The van der Waals surface area contributed by atoms with Crippen LogP contribution in [0.15, 0.2) is 66.2 Å². The molecule has 0 amide bonds. The van der Waals surface area contributed by atoms with Crippen molar-refractivity contribution in [2.24, 2.45) is 0 Å². The van der Waals surface area contributed by atoms with Crippen molar-refractivity contribution in [2.45, 2.75) is 0 Å². The molecule has 0 bridgehead atoms. The van der Waals surface area contributed by atoms with Gasteiger partial charge >= 0.3 is 5.97 Å². The number of esters is 1. The Morgan fingerprint density at radius 3 is 2.35 bits per heavy atom. The van der Waals surface area contributed by atoms with Gasteiger partial charge in [-0.05, 0) is 29.8 Å². The third-order valence-corrected chi connectivity index (χ3v) is 3.04. The van der Waals surface area contributed by atoms with Crippen molar-refractivity contribution in [2.75, 3.05) is 5.73 Å². The minimum absolute atomic E-state index is 0.333. The van der Waals surface area contributed by atoms with E-state index in [1.54, 1.807) is 24.3 Å². The first kappa shape index (κ1) is 12.2. The molecule has 0 aromatic heterocycles. The van der Waals surface area contributed by atoms with Crippen LogP contribution < -0.4 is 5.73 Å². The lowest BCUT2D eigenvalue weighted by Crippen LogP contribution is -1.97. The van der Waals surface area contributed by atoms with E-state index in [1.807, 2.05) is 42.5 Å². The predicted molar refractivity (Wildman–Crippen MR) is 79.3 cm³/mol. The molecule has 0 radical (unpaired) electrons. The Labute approximate surface area is 117 Å². The molecule has 0 aliphatic carbocycles. The third kappa shape index (κ3) is 2.47. The maximum Gasteiger partial charge on any atom is 0.343 e. The molecule has 0 fully saturated rings. The number of hydrogen-bond acceptors (Lipinski definition) is 3. The standard InChI is InChI=1S/C17H13NO2/c18-15-8-6-12(7-9-15)10-14-11-16(20-17(14)19)13-4-2-1-3-5-13/h1-11H,18H2/b14-10-. The first-order valence-electron chi connectivity index (χ1n) is 6.29. The van der Waals surface area contributed by atoms with Gasteiger partial charge in [-0.15, -0.1) is 0 Å². The monoisotopic (exact) mass is 263 g/mol. The quantitative estimate of drug-likeness (QED) is 0.514. The molecule has 0 saturated heterocycles. The zero-order valence-electron chi connectivity index (χ0n) is 10.7. The van der Waals surface area contributed by atoms with E-state index in [-0.39, 0.29) is 5.97 Å². The normalized spacial score (nSPS) is 16.1. The first-order chi connectivity index (χ1) is 9.72. The summed E-state index contributed by atoms with van der Waals surface area (Å²) < 4.78 is 5.29. The van der Waals surface area contributed by atoms with Crippen molar-refractivity contribution in [1.82, 2.24) is 0 Å². The van der Waals surface area contributed by atoms with Crippen molar-refractivity contribution >= 4 is 23.5 Å². The first-order valence-corrected chi connectivity index (χ1v) is 6.29. The van der Waals surface area contributed by atoms with Gasteiger partial charge in [-0.1, -0.05) is 42.5 Å². The van der Waals surface area contributed by atoms with Gasteiger partial charge < -0.3 is 10.5 Å². The number of carbonyl (C=O) groups excluding carboxylic acids is 1. The van der Waals surface area contributed by atoms with Crippen molar-refractivity contribution in [3.05, 3.63) is 77.4 Å². The summed E-state index contributed by atoms with van der Waals surface area (Å²) in [4.78, 5) is 11.9. The van der Waals surface area contributed by atoms with Gasteiger partial charge in [0.1, 0.15) is 5.76 Å². The van der Waals surface area contributed by atoms with Crippen LogP contribution in [0.25, 0.3) is 11.8 Å². The van der Waals surface area contributed by atoms with E-state index in [0.717, 1.165) is 11.1 Å². The molecule has 3 nitrogen and oxygen atoms in total. The maximum atomic E-state index is 11.9. The summed E-state index contributed by atoms with van der Waals surface area (Å²) in [5.41, 5.74) is 8.67. The highest BCUT2D eigenvalue weighted by molar-refractivity contribution is 6.05. The summed E-state index contributed by atoms with van der Waals surface area (Å²) in [5, 5.41) is 0. The minimum Gasteiger partial charge on any atom is -0.422 e. The number of hydrogen-bond donors (Lipinski definition) is 1. The minimum atomic E-state index is -0.333. The van der Waals surface area contributed by atoms with Crippen molar-refractivity contribution in [3.63, 3.8) is 0 Å². The fourth-order valence-electron chi connectivity index (χ4n) is 2.01. The molecule has 0 atom stereocenters. The fourth-order valence-corrected chi connectivity index (χ4v) is 2.01. The lowest BCUT2D eigenvalue weighted by molar-refractivity contribution is -0.130. The van der Waals surface area contributed by atoms with Crippen LogP contribution in [0.5, 0.6) is 0 Å². The van der Waals surface area contributed by atoms with E-state index in [0.29, 0.717) is 17.0 Å². The molecule has 0 spiro atoms. The molecule has 0 unspecified atom stereocenters. The molecule has 20 heavy (non-hydrogen) atoms. The lowest BCUT2D eigenvalue weighted by Gasteiger charge is -2.00. The second-order valence-electron chi connectivity index (χ2n) is 4.53. The Bertz CT molecular complexity index is 698. The van der Waals surface area contributed by atoms with Gasteiger partial charge in [-0.3, -0.25) is 0 Å². The van der Waals surface area contributed by atoms with Crippen molar-refractivity contribution in [3.8, 4) is 0 Å². The van der Waals surface area contributed by atoms with Gasteiger partial charge in [-0.25, -0.2) is 4.79 Å².